The largest absolute Gasteiger partial charge is 0.356 e. The van der Waals surface area contributed by atoms with Gasteiger partial charge in [0.25, 0.3) is 0 Å². The van der Waals surface area contributed by atoms with Gasteiger partial charge in [-0.3, -0.25) is 9.59 Å². The third kappa shape index (κ3) is 15.7. The maximum Gasteiger partial charge on any atom is 0.195 e. The van der Waals surface area contributed by atoms with Gasteiger partial charge in [-0.05, 0) is 13.3 Å². The van der Waals surface area contributed by atoms with E-state index in [4.69, 9.17) is 0 Å². The molecule has 0 fully saturated rings. The molecule has 0 saturated heterocycles. The van der Waals surface area contributed by atoms with E-state index in [0.29, 0.717) is 12.7 Å². The number of methoxy groups -OCH3 is 2. The Morgan fingerprint density at radius 2 is 1.75 bits per heavy atom. The summed E-state index contributed by atoms with van der Waals surface area (Å²) >= 11 is 0. The van der Waals surface area contributed by atoms with Crippen LogP contribution in [0.25, 0.3) is 0 Å². The molecule has 0 heterocycles. The van der Waals surface area contributed by atoms with Crippen LogP contribution in [0.15, 0.2) is 0 Å². The zero-order valence-corrected chi connectivity index (χ0v) is 10.8. The molecule has 0 aromatic heterocycles. The molecule has 0 radical (unpaired) electrons. The van der Waals surface area contributed by atoms with Crippen molar-refractivity contribution < 1.29 is 19.1 Å². The Balaban J connectivity index is 0. The molecule has 0 amide bonds. The second-order valence-corrected chi connectivity index (χ2v) is 3.43. The summed E-state index contributed by atoms with van der Waals surface area (Å²) in [6, 6.07) is 0. The third-order valence-electron chi connectivity index (χ3n) is 2.07. The van der Waals surface area contributed by atoms with Crippen LogP contribution >= 0.6 is 0 Å². The van der Waals surface area contributed by atoms with Gasteiger partial charge in [-0.2, -0.15) is 0 Å². The van der Waals surface area contributed by atoms with Crippen molar-refractivity contribution in [3.8, 4) is 0 Å². The van der Waals surface area contributed by atoms with Crippen LogP contribution in [0.1, 0.15) is 46.0 Å². The topological polar surface area (TPSA) is 52.6 Å². The van der Waals surface area contributed by atoms with Gasteiger partial charge < -0.3 is 9.47 Å². The molecule has 0 unspecified atom stereocenters. The summed E-state index contributed by atoms with van der Waals surface area (Å²) in [5, 5.41) is 0. The molecule has 4 nitrogen and oxygen atoms in total. The fourth-order valence-corrected chi connectivity index (χ4v) is 0.881. The van der Waals surface area contributed by atoms with Crippen LogP contribution < -0.4 is 0 Å². The maximum absolute atomic E-state index is 10.4. The Labute approximate surface area is 98.3 Å². The van der Waals surface area contributed by atoms with Crippen LogP contribution in [0.4, 0.5) is 0 Å². The zero-order valence-electron chi connectivity index (χ0n) is 10.8. The number of hydrogen-bond donors (Lipinski definition) is 0. The first-order chi connectivity index (χ1) is 7.62. The summed E-state index contributed by atoms with van der Waals surface area (Å²) < 4.78 is 9.35. The molecule has 0 bridgehead atoms. The summed E-state index contributed by atoms with van der Waals surface area (Å²) in [4.78, 5) is 20.2. The van der Waals surface area contributed by atoms with Crippen LogP contribution in [0, 0.1) is 0 Å². The monoisotopic (exact) mass is 232 g/mol. The number of aldehydes is 1. The van der Waals surface area contributed by atoms with Crippen molar-refractivity contribution in [1.82, 2.24) is 0 Å². The lowest BCUT2D eigenvalue weighted by atomic mass is 10.1. The lowest BCUT2D eigenvalue weighted by Gasteiger charge is -2.03. The van der Waals surface area contributed by atoms with Gasteiger partial charge >= 0.3 is 0 Å². The molecule has 4 heteroatoms. The van der Waals surface area contributed by atoms with E-state index in [0.717, 1.165) is 25.7 Å². The number of hydrogen-bond acceptors (Lipinski definition) is 4. The summed E-state index contributed by atoms with van der Waals surface area (Å²) in [5.41, 5.74) is 0. The molecular formula is C12H24O4. The van der Waals surface area contributed by atoms with Gasteiger partial charge in [0.05, 0.1) is 0 Å². The number of ketones is 1. The predicted molar refractivity (Wildman–Crippen MR) is 63.3 cm³/mol. The van der Waals surface area contributed by atoms with Crippen molar-refractivity contribution in [2.24, 2.45) is 0 Å². The second-order valence-electron chi connectivity index (χ2n) is 3.43. The highest BCUT2D eigenvalue weighted by Gasteiger charge is 1.96. The van der Waals surface area contributed by atoms with Crippen molar-refractivity contribution in [1.29, 1.82) is 0 Å². The molecule has 0 atom stereocenters. The predicted octanol–water partition coefficient (Wildman–Crippen LogP) is 2.35. The van der Waals surface area contributed by atoms with Crippen molar-refractivity contribution in [3.05, 3.63) is 0 Å². The average Bonchev–Trinajstić information content (AvgIpc) is 2.34. The first kappa shape index (κ1) is 17.6. The van der Waals surface area contributed by atoms with E-state index >= 15 is 0 Å². The Kier molecular flexibility index (Phi) is 15.7. The third-order valence-corrected chi connectivity index (χ3v) is 2.07. The van der Waals surface area contributed by atoms with Crippen LogP contribution in [0.3, 0.4) is 0 Å². The first-order valence-electron chi connectivity index (χ1n) is 5.65. The van der Waals surface area contributed by atoms with E-state index in [9.17, 15) is 9.59 Å². The van der Waals surface area contributed by atoms with Gasteiger partial charge in [0.1, 0.15) is 0 Å². The molecule has 0 aliphatic carbocycles. The van der Waals surface area contributed by atoms with Crippen LogP contribution in [0.2, 0.25) is 0 Å². The van der Waals surface area contributed by atoms with Crippen molar-refractivity contribution >= 4 is 12.1 Å². The molecule has 96 valence electrons. The molecule has 0 aliphatic rings. The van der Waals surface area contributed by atoms with Gasteiger partial charge in [-0.15, -0.1) is 0 Å². The molecule has 0 saturated carbocycles. The number of carbonyl (C=O) groups is 2. The van der Waals surface area contributed by atoms with Gasteiger partial charge in [0.2, 0.25) is 0 Å². The molecule has 0 aromatic carbocycles. The van der Waals surface area contributed by atoms with E-state index in [1.165, 1.54) is 0 Å². The first-order valence-corrected chi connectivity index (χ1v) is 5.65. The molecule has 0 aliphatic heterocycles. The van der Waals surface area contributed by atoms with Gasteiger partial charge in [0, 0.05) is 20.6 Å². The van der Waals surface area contributed by atoms with Crippen molar-refractivity contribution in [2.45, 2.75) is 52.2 Å². The standard InChI is InChI=1S/C8H14O2.C4H10O2/c1-2-3-4-5-6-8(10)7-9;1-4(5-2)6-3/h7H,2-6H2,1H3;4H,1-3H3. The lowest BCUT2D eigenvalue weighted by Crippen LogP contribution is -2.05. The fourth-order valence-electron chi connectivity index (χ4n) is 0.881. The number of Topliss-reactive ketones (excluding diaryl/α,β-unsaturated/α-hetero) is 1. The van der Waals surface area contributed by atoms with E-state index in [1.807, 2.05) is 6.92 Å². The number of carbonyl (C=O) groups excluding carboxylic acids is 2. The quantitative estimate of drug-likeness (QED) is 0.279. The smallest absolute Gasteiger partial charge is 0.195 e. The zero-order chi connectivity index (χ0) is 12.8. The van der Waals surface area contributed by atoms with Gasteiger partial charge in [-0.25, -0.2) is 0 Å². The van der Waals surface area contributed by atoms with Crippen LogP contribution in [-0.2, 0) is 19.1 Å². The van der Waals surface area contributed by atoms with Gasteiger partial charge in [-0.1, -0.05) is 26.2 Å². The molecule has 0 aromatic rings. The highest BCUT2D eigenvalue weighted by atomic mass is 16.7. The van der Waals surface area contributed by atoms with E-state index in [2.05, 4.69) is 16.4 Å². The molecule has 0 N–H and O–H groups in total. The van der Waals surface area contributed by atoms with E-state index in [-0.39, 0.29) is 12.1 Å². The normalized spacial score (nSPS) is 9.56. The lowest BCUT2D eigenvalue weighted by molar-refractivity contribution is -0.129. The summed E-state index contributed by atoms with van der Waals surface area (Å²) in [5.74, 6) is -0.267. The highest BCUT2D eigenvalue weighted by Crippen LogP contribution is 2.01. The Bertz CT molecular complexity index is 164. The Morgan fingerprint density at radius 3 is 2.06 bits per heavy atom. The van der Waals surface area contributed by atoms with E-state index in [1.54, 1.807) is 14.2 Å². The van der Waals surface area contributed by atoms with Crippen LogP contribution in [-0.4, -0.2) is 32.6 Å². The van der Waals surface area contributed by atoms with Crippen molar-refractivity contribution in [2.75, 3.05) is 14.2 Å². The fraction of sp³-hybridized carbons (Fsp3) is 0.833. The summed E-state index contributed by atoms with van der Waals surface area (Å²) in [7, 11) is 3.21. The second kappa shape index (κ2) is 14.3. The maximum atomic E-state index is 10.4. The molecule has 0 spiro atoms. The summed E-state index contributed by atoms with van der Waals surface area (Å²) in [6.45, 7) is 3.95. The minimum absolute atomic E-state index is 0.0648. The average molecular weight is 232 g/mol. The minimum Gasteiger partial charge on any atom is -0.356 e. The Hall–Kier alpha value is -0.740. The number of ether oxygens (including phenoxy) is 2. The Morgan fingerprint density at radius 1 is 1.19 bits per heavy atom. The van der Waals surface area contributed by atoms with Crippen LogP contribution in [0.5, 0.6) is 0 Å². The van der Waals surface area contributed by atoms with Gasteiger partial charge in [0.15, 0.2) is 18.4 Å². The van der Waals surface area contributed by atoms with Crippen molar-refractivity contribution in [3.63, 3.8) is 0 Å². The highest BCUT2D eigenvalue weighted by molar-refractivity contribution is 6.24. The summed E-state index contributed by atoms with van der Waals surface area (Å²) in [6.07, 6.45) is 5.03. The molecule has 0 rings (SSSR count). The SMILES string of the molecule is CCCCCCC(=O)C=O.COC(C)OC. The molecular weight excluding hydrogens is 208 g/mol. The van der Waals surface area contributed by atoms with E-state index < -0.39 is 0 Å². The minimum atomic E-state index is -0.267. The number of rotatable bonds is 8. The number of unbranched alkanes of at least 4 members (excludes halogenated alkanes) is 3. The molecule has 16 heavy (non-hydrogen) atoms.